The minimum Gasteiger partial charge on any atom is -0.507 e. The Hall–Kier alpha value is -3.08. The molecule has 2 atom stereocenters. The second-order valence-corrected chi connectivity index (χ2v) is 7.14. The summed E-state index contributed by atoms with van der Waals surface area (Å²) < 4.78 is 43.1. The number of carbonyl (C=O) groups is 1. The van der Waals surface area contributed by atoms with E-state index in [1.165, 1.54) is 6.07 Å². The average Bonchev–Trinajstić information content (AvgIpc) is 2.67. The van der Waals surface area contributed by atoms with E-state index in [0.717, 1.165) is 18.9 Å². The summed E-state index contributed by atoms with van der Waals surface area (Å²) in [6, 6.07) is 4.59. The fourth-order valence-electron chi connectivity index (χ4n) is 3.30. The predicted octanol–water partition coefficient (Wildman–Crippen LogP) is 2.80. The van der Waals surface area contributed by atoms with E-state index in [1.807, 2.05) is 0 Å². The van der Waals surface area contributed by atoms with Gasteiger partial charge in [-0.3, -0.25) is 0 Å². The van der Waals surface area contributed by atoms with Crippen LogP contribution < -0.4 is 16.4 Å². The Labute approximate surface area is 170 Å². The number of nitrogens with two attached hydrogens (primary N) is 1. The largest absolute Gasteiger partial charge is 0.507 e. The lowest BCUT2D eigenvalue weighted by Gasteiger charge is -2.30. The smallest absolute Gasteiger partial charge is 0.416 e. The van der Waals surface area contributed by atoms with Gasteiger partial charge >= 0.3 is 12.3 Å². The molecule has 5 N–H and O–H groups in total. The molecule has 1 aliphatic rings. The van der Waals surface area contributed by atoms with Crippen LogP contribution in [0.5, 0.6) is 5.75 Å². The monoisotopic (exact) mass is 425 g/mol. The number of anilines is 1. The first kappa shape index (κ1) is 21.6. The van der Waals surface area contributed by atoms with Crippen LogP contribution >= 0.6 is 0 Å². The van der Waals surface area contributed by atoms with Crippen molar-refractivity contribution in [2.24, 2.45) is 5.73 Å². The Morgan fingerprint density at radius 1 is 1.33 bits per heavy atom. The van der Waals surface area contributed by atoms with Crippen LogP contribution in [0.4, 0.5) is 23.8 Å². The maximum absolute atomic E-state index is 12.8. The minimum atomic E-state index is -4.54. The van der Waals surface area contributed by atoms with E-state index in [4.69, 9.17) is 10.5 Å². The number of rotatable bonds is 5. The van der Waals surface area contributed by atoms with Gasteiger partial charge in [0, 0.05) is 24.2 Å². The van der Waals surface area contributed by atoms with Gasteiger partial charge in [0.1, 0.15) is 18.2 Å². The Kier molecular flexibility index (Phi) is 6.30. The number of amides is 1. The van der Waals surface area contributed by atoms with Gasteiger partial charge in [-0.15, -0.1) is 10.2 Å². The number of carbonyl (C=O) groups excluding carboxylic acids is 1. The molecule has 0 saturated carbocycles. The van der Waals surface area contributed by atoms with Gasteiger partial charge < -0.3 is 26.2 Å². The maximum atomic E-state index is 12.8. The van der Waals surface area contributed by atoms with Crippen molar-refractivity contribution in [2.75, 3.05) is 18.5 Å². The van der Waals surface area contributed by atoms with Gasteiger partial charge in [0.25, 0.3) is 0 Å². The molecule has 0 spiro atoms. The van der Waals surface area contributed by atoms with Crippen molar-refractivity contribution < 1.29 is 27.8 Å². The SMILES string of the molecule is Cc1cc(N[C@@H]2CC[C@@H](COC(N)=O)NC2)nnc1-c1ccc(C(F)(F)F)cc1O. The first-order valence-electron chi connectivity index (χ1n) is 9.30. The summed E-state index contributed by atoms with van der Waals surface area (Å²) in [5.74, 6) is 0.00456. The van der Waals surface area contributed by atoms with E-state index in [-0.39, 0.29) is 24.3 Å². The number of aromatic hydroxyl groups is 1. The lowest BCUT2D eigenvalue weighted by molar-refractivity contribution is -0.137. The molecule has 1 aliphatic heterocycles. The second kappa shape index (κ2) is 8.74. The number of piperidine rings is 1. The van der Waals surface area contributed by atoms with Crippen LogP contribution in [-0.2, 0) is 10.9 Å². The number of primary amides is 1. The number of hydrogen-bond acceptors (Lipinski definition) is 7. The molecular formula is C19H22F3N5O3. The zero-order valence-corrected chi connectivity index (χ0v) is 16.2. The molecule has 1 aromatic heterocycles. The first-order valence-corrected chi connectivity index (χ1v) is 9.30. The van der Waals surface area contributed by atoms with Crippen molar-refractivity contribution in [1.82, 2.24) is 15.5 Å². The molecule has 1 amide bonds. The van der Waals surface area contributed by atoms with Crippen molar-refractivity contribution in [3.05, 3.63) is 35.4 Å². The molecule has 0 aliphatic carbocycles. The summed E-state index contributed by atoms with van der Waals surface area (Å²) in [4.78, 5) is 10.7. The molecule has 0 unspecified atom stereocenters. The number of alkyl halides is 3. The number of aryl methyl sites for hydroxylation is 1. The molecule has 30 heavy (non-hydrogen) atoms. The Balaban J connectivity index is 1.64. The highest BCUT2D eigenvalue weighted by Crippen LogP contribution is 2.36. The quantitative estimate of drug-likeness (QED) is 0.581. The molecule has 2 heterocycles. The number of phenolic OH excluding ortho intramolecular Hbond substituents is 1. The highest BCUT2D eigenvalue weighted by Gasteiger charge is 2.31. The number of nitrogens with one attached hydrogen (secondary N) is 2. The van der Waals surface area contributed by atoms with Gasteiger partial charge in [0.2, 0.25) is 0 Å². The maximum Gasteiger partial charge on any atom is 0.416 e. The molecule has 8 nitrogen and oxygen atoms in total. The number of ether oxygens (including phenoxy) is 1. The summed E-state index contributed by atoms with van der Waals surface area (Å²) >= 11 is 0. The highest BCUT2D eigenvalue weighted by molar-refractivity contribution is 5.70. The molecule has 0 radical (unpaired) electrons. The second-order valence-electron chi connectivity index (χ2n) is 7.14. The normalized spacial score (nSPS) is 19.3. The molecule has 2 aromatic rings. The van der Waals surface area contributed by atoms with Gasteiger partial charge in [-0.25, -0.2) is 4.79 Å². The summed E-state index contributed by atoms with van der Waals surface area (Å²) in [5, 5.41) is 24.7. The lowest BCUT2D eigenvalue weighted by Crippen LogP contribution is -2.47. The predicted molar refractivity (Wildman–Crippen MR) is 103 cm³/mol. The van der Waals surface area contributed by atoms with Crippen LogP contribution in [0, 0.1) is 6.92 Å². The lowest BCUT2D eigenvalue weighted by atomic mass is 10.0. The number of phenols is 1. The van der Waals surface area contributed by atoms with Crippen LogP contribution in [0.25, 0.3) is 11.3 Å². The van der Waals surface area contributed by atoms with Crippen molar-refractivity contribution in [3.63, 3.8) is 0 Å². The van der Waals surface area contributed by atoms with E-state index in [0.29, 0.717) is 29.7 Å². The van der Waals surface area contributed by atoms with E-state index < -0.39 is 23.6 Å². The Morgan fingerprint density at radius 2 is 2.10 bits per heavy atom. The first-order chi connectivity index (χ1) is 14.1. The fourth-order valence-corrected chi connectivity index (χ4v) is 3.30. The number of nitrogens with zero attached hydrogens (tertiary/aromatic N) is 2. The third kappa shape index (κ3) is 5.29. The zero-order chi connectivity index (χ0) is 21.9. The molecule has 1 fully saturated rings. The average molecular weight is 425 g/mol. The van der Waals surface area contributed by atoms with E-state index in [9.17, 15) is 23.1 Å². The molecule has 3 rings (SSSR count). The molecule has 1 aromatic carbocycles. The van der Waals surface area contributed by atoms with Gasteiger partial charge in [0.05, 0.1) is 11.3 Å². The van der Waals surface area contributed by atoms with Crippen LogP contribution in [0.3, 0.4) is 0 Å². The number of halogens is 3. The van der Waals surface area contributed by atoms with E-state index in [1.54, 1.807) is 13.0 Å². The van der Waals surface area contributed by atoms with Crippen molar-refractivity contribution in [1.29, 1.82) is 0 Å². The van der Waals surface area contributed by atoms with Crippen molar-refractivity contribution in [3.8, 4) is 17.0 Å². The molecule has 11 heteroatoms. The van der Waals surface area contributed by atoms with Crippen molar-refractivity contribution in [2.45, 2.75) is 38.0 Å². The highest BCUT2D eigenvalue weighted by atomic mass is 19.4. The molecule has 0 bridgehead atoms. The van der Waals surface area contributed by atoms with Gasteiger partial charge in [0.15, 0.2) is 0 Å². The topological polar surface area (TPSA) is 122 Å². The zero-order valence-electron chi connectivity index (χ0n) is 16.2. The van der Waals surface area contributed by atoms with Gasteiger partial charge in [-0.1, -0.05) is 0 Å². The fraction of sp³-hybridized carbons (Fsp3) is 0.421. The number of aromatic nitrogens is 2. The Bertz CT molecular complexity index is 915. The Morgan fingerprint density at radius 3 is 2.67 bits per heavy atom. The minimum absolute atomic E-state index is 0.0355. The standard InChI is InChI=1S/C19H22F3N5O3/c1-10-6-16(25-12-3-4-13(24-8-12)9-30-18(23)29)26-27-17(10)14-5-2-11(7-15(14)28)19(20,21)22/h2,5-7,12-13,24,28H,3-4,8-9H2,1H3,(H2,23,29)(H,25,26)/t12-,13+/m1/s1. The van der Waals surface area contributed by atoms with Crippen LogP contribution in [0.2, 0.25) is 0 Å². The van der Waals surface area contributed by atoms with Crippen LogP contribution in [0.1, 0.15) is 24.0 Å². The van der Waals surface area contributed by atoms with E-state index >= 15 is 0 Å². The third-order valence-electron chi connectivity index (χ3n) is 4.86. The molecular weight excluding hydrogens is 403 g/mol. The van der Waals surface area contributed by atoms with Crippen LogP contribution in [0.15, 0.2) is 24.3 Å². The number of hydrogen-bond donors (Lipinski definition) is 4. The van der Waals surface area contributed by atoms with Crippen molar-refractivity contribution >= 4 is 11.9 Å². The number of benzene rings is 1. The van der Waals surface area contributed by atoms with Crippen LogP contribution in [-0.4, -0.2) is 46.6 Å². The third-order valence-corrected chi connectivity index (χ3v) is 4.86. The molecule has 1 saturated heterocycles. The summed E-state index contributed by atoms with van der Waals surface area (Å²) in [5.41, 5.74) is 5.16. The molecule has 162 valence electrons. The summed E-state index contributed by atoms with van der Waals surface area (Å²) in [6.07, 6.45) is -3.76. The van der Waals surface area contributed by atoms with E-state index in [2.05, 4.69) is 20.8 Å². The van der Waals surface area contributed by atoms with Gasteiger partial charge in [-0.2, -0.15) is 13.2 Å². The summed E-state index contributed by atoms with van der Waals surface area (Å²) in [7, 11) is 0. The van der Waals surface area contributed by atoms with Gasteiger partial charge in [-0.05, 0) is 49.6 Å². The summed E-state index contributed by atoms with van der Waals surface area (Å²) in [6.45, 7) is 2.57.